The van der Waals surface area contributed by atoms with Gasteiger partial charge >= 0.3 is 0 Å². The highest BCUT2D eigenvalue weighted by Gasteiger charge is 2.22. The number of nitrogens with one attached hydrogen (secondary N) is 1. The van der Waals surface area contributed by atoms with Gasteiger partial charge in [0.25, 0.3) is 0 Å². The van der Waals surface area contributed by atoms with Gasteiger partial charge < -0.3 is 19.7 Å². The molecule has 0 bridgehead atoms. The highest BCUT2D eigenvalue weighted by Crippen LogP contribution is 2.31. The van der Waals surface area contributed by atoms with Crippen LogP contribution < -0.4 is 15.0 Å². The third-order valence-corrected chi connectivity index (χ3v) is 7.28. The van der Waals surface area contributed by atoms with Crippen LogP contribution in [0, 0.1) is 0 Å². The molecule has 2 heterocycles. The number of ether oxygens (including phenoxy) is 2. The van der Waals surface area contributed by atoms with Gasteiger partial charge in [-0.15, -0.1) is 10.2 Å². The summed E-state index contributed by atoms with van der Waals surface area (Å²) >= 11 is 7.61. The molecule has 0 spiro atoms. The quantitative estimate of drug-likeness (QED) is 0.271. The Hall–Kier alpha value is -3.53. The summed E-state index contributed by atoms with van der Waals surface area (Å²) in [6, 6.07) is 25.0. The van der Waals surface area contributed by atoms with Crippen molar-refractivity contribution in [2.45, 2.75) is 18.2 Å². The summed E-state index contributed by atoms with van der Waals surface area (Å²) in [7, 11) is 0. The van der Waals surface area contributed by atoms with E-state index in [1.54, 1.807) is 6.07 Å². The Morgan fingerprint density at radius 3 is 2.45 bits per heavy atom. The van der Waals surface area contributed by atoms with Crippen LogP contribution in [0.15, 0.2) is 84.0 Å². The molecule has 0 radical (unpaired) electrons. The lowest BCUT2D eigenvalue weighted by Gasteiger charge is -2.28. The Bertz CT molecular complexity index is 1360. The largest absolute Gasteiger partial charge is 0.481 e. The highest BCUT2D eigenvalue weighted by atomic mass is 35.5. The average Bonchev–Trinajstić information content (AvgIpc) is 3.39. The number of nitrogens with zero attached hydrogens (tertiary/aromatic N) is 4. The smallest absolute Gasteiger partial charge is 0.234 e. The maximum Gasteiger partial charge on any atom is 0.234 e. The number of rotatable bonds is 9. The van der Waals surface area contributed by atoms with Crippen molar-refractivity contribution in [1.29, 1.82) is 0 Å². The summed E-state index contributed by atoms with van der Waals surface area (Å²) in [6.07, 6.45) is -0.434. The third kappa shape index (κ3) is 6.30. The first-order valence-corrected chi connectivity index (χ1v) is 13.7. The van der Waals surface area contributed by atoms with Gasteiger partial charge in [-0.25, -0.2) is 0 Å². The zero-order chi connectivity index (χ0) is 26.3. The minimum atomic E-state index is -0.434. The van der Waals surface area contributed by atoms with Crippen molar-refractivity contribution < 1.29 is 14.3 Å². The molecule has 1 atom stereocenters. The number of halogens is 1. The summed E-state index contributed by atoms with van der Waals surface area (Å²) in [5, 5.41) is 12.9. The summed E-state index contributed by atoms with van der Waals surface area (Å²) < 4.78 is 13.4. The molecule has 10 heteroatoms. The van der Waals surface area contributed by atoms with E-state index in [2.05, 4.69) is 20.4 Å². The van der Waals surface area contributed by atoms with Crippen LogP contribution >= 0.6 is 23.4 Å². The Morgan fingerprint density at radius 2 is 1.71 bits per heavy atom. The first kappa shape index (κ1) is 26.1. The summed E-state index contributed by atoms with van der Waals surface area (Å²) in [4.78, 5) is 15.1. The third-order valence-electron chi connectivity index (χ3n) is 6.04. The van der Waals surface area contributed by atoms with Crippen LogP contribution in [0.1, 0.15) is 18.9 Å². The fraction of sp³-hybridized carbons (Fsp3) is 0.250. The number of anilines is 2. The van der Waals surface area contributed by atoms with Gasteiger partial charge in [0.2, 0.25) is 5.91 Å². The van der Waals surface area contributed by atoms with E-state index in [0.29, 0.717) is 21.8 Å². The molecule has 1 fully saturated rings. The van der Waals surface area contributed by atoms with Gasteiger partial charge in [-0.3, -0.25) is 9.36 Å². The van der Waals surface area contributed by atoms with Crippen LogP contribution in [-0.2, 0) is 9.53 Å². The first-order chi connectivity index (χ1) is 18.6. The molecule has 3 aromatic carbocycles. The monoisotopic (exact) mass is 549 g/mol. The highest BCUT2D eigenvalue weighted by molar-refractivity contribution is 7.99. The van der Waals surface area contributed by atoms with Crippen molar-refractivity contribution in [1.82, 2.24) is 14.8 Å². The van der Waals surface area contributed by atoms with Crippen LogP contribution in [0.3, 0.4) is 0 Å². The second-order valence-electron chi connectivity index (χ2n) is 8.69. The van der Waals surface area contributed by atoms with E-state index in [1.165, 1.54) is 11.8 Å². The van der Waals surface area contributed by atoms with E-state index < -0.39 is 6.10 Å². The molecule has 1 unspecified atom stereocenters. The molecule has 1 saturated heterocycles. The van der Waals surface area contributed by atoms with Gasteiger partial charge in [0.05, 0.1) is 24.0 Å². The molecular formula is C28H28ClN5O3S. The van der Waals surface area contributed by atoms with Crippen LogP contribution in [0.25, 0.3) is 5.69 Å². The Labute approximate surface area is 230 Å². The molecule has 38 heavy (non-hydrogen) atoms. The molecule has 8 nitrogen and oxygen atoms in total. The second kappa shape index (κ2) is 12.3. The lowest BCUT2D eigenvalue weighted by atomic mass is 10.2. The Kier molecular flexibility index (Phi) is 8.47. The van der Waals surface area contributed by atoms with Crippen molar-refractivity contribution in [2.24, 2.45) is 0 Å². The van der Waals surface area contributed by atoms with Crippen molar-refractivity contribution >= 4 is 40.6 Å². The van der Waals surface area contributed by atoms with Crippen molar-refractivity contribution in [3.05, 3.63) is 89.7 Å². The number of benzene rings is 3. The van der Waals surface area contributed by atoms with E-state index in [9.17, 15) is 4.79 Å². The van der Waals surface area contributed by atoms with Gasteiger partial charge in [-0.05, 0) is 55.5 Å². The normalized spacial score (nSPS) is 14.2. The predicted octanol–water partition coefficient (Wildman–Crippen LogP) is 5.63. The fourth-order valence-corrected chi connectivity index (χ4v) is 5.08. The number of para-hydroxylation sites is 2. The zero-order valence-corrected chi connectivity index (χ0v) is 22.5. The first-order valence-electron chi connectivity index (χ1n) is 12.4. The van der Waals surface area contributed by atoms with E-state index in [4.69, 9.17) is 21.1 Å². The Balaban J connectivity index is 1.27. The maximum atomic E-state index is 12.8. The number of hydrogen-bond donors (Lipinski definition) is 1. The molecule has 0 saturated carbocycles. The Morgan fingerprint density at radius 1 is 1.00 bits per heavy atom. The topological polar surface area (TPSA) is 81.5 Å². The van der Waals surface area contributed by atoms with Gasteiger partial charge in [0.1, 0.15) is 5.75 Å². The molecule has 5 rings (SSSR count). The molecule has 1 aliphatic heterocycles. The molecular weight excluding hydrogens is 522 g/mol. The lowest BCUT2D eigenvalue weighted by Crippen LogP contribution is -2.36. The van der Waals surface area contributed by atoms with E-state index in [-0.39, 0.29) is 11.7 Å². The minimum absolute atomic E-state index is 0.126. The van der Waals surface area contributed by atoms with Crippen molar-refractivity contribution in [3.8, 4) is 11.4 Å². The number of hydrogen-bond acceptors (Lipinski definition) is 7. The van der Waals surface area contributed by atoms with Crippen LogP contribution in [0.4, 0.5) is 11.4 Å². The fourth-order valence-electron chi connectivity index (χ4n) is 4.15. The summed E-state index contributed by atoms with van der Waals surface area (Å²) in [5.41, 5.74) is 2.75. The number of thioether (sulfide) groups is 1. The molecule has 1 N–H and O–H groups in total. The zero-order valence-electron chi connectivity index (χ0n) is 20.9. The van der Waals surface area contributed by atoms with E-state index in [0.717, 1.165) is 43.4 Å². The number of morpholine rings is 1. The van der Waals surface area contributed by atoms with Crippen LogP contribution in [-0.4, -0.2) is 52.7 Å². The lowest BCUT2D eigenvalue weighted by molar-refractivity contribution is -0.113. The van der Waals surface area contributed by atoms with Gasteiger partial charge in [0, 0.05) is 30.2 Å². The standard InChI is InChI=1S/C28H28ClN5O3S/c1-20(37-25-10-6-5-9-24(25)29)27-31-32-28(34(27)23-7-3-2-4-8-23)38-19-26(35)30-21-11-13-22(14-12-21)33-15-17-36-18-16-33/h2-14,20H,15-19H2,1H3,(H,30,35). The average molecular weight is 550 g/mol. The number of carbonyl (C=O) groups excluding carboxylic acids is 1. The molecule has 1 aliphatic rings. The molecule has 1 amide bonds. The SMILES string of the molecule is CC(Oc1ccccc1Cl)c1nnc(SCC(=O)Nc2ccc(N3CCOCC3)cc2)n1-c1ccccc1. The van der Waals surface area contributed by atoms with Gasteiger partial charge in [-0.1, -0.05) is 53.7 Å². The molecule has 0 aliphatic carbocycles. The predicted molar refractivity (Wildman–Crippen MR) is 151 cm³/mol. The van der Waals surface area contributed by atoms with Crippen molar-refractivity contribution in [2.75, 3.05) is 42.3 Å². The van der Waals surface area contributed by atoms with Gasteiger partial charge in [0.15, 0.2) is 17.1 Å². The second-order valence-corrected chi connectivity index (χ2v) is 10.0. The molecule has 196 valence electrons. The van der Waals surface area contributed by atoms with Gasteiger partial charge in [-0.2, -0.15) is 0 Å². The maximum absolute atomic E-state index is 12.8. The number of aromatic nitrogens is 3. The van der Waals surface area contributed by atoms with E-state index >= 15 is 0 Å². The van der Waals surface area contributed by atoms with Crippen molar-refractivity contribution in [3.63, 3.8) is 0 Å². The number of carbonyl (C=O) groups is 1. The summed E-state index contributed by atoms with van der Waals surface area (Å²) in [6.45, 7) is 5.10. The van der Waals surface area contributed by atoms with Crippen LogP contribution in [0.5, 0.6) is 5.75 Å². The van der Waals surface area contributed by atoms with E-state index in [1.807, 2.05) is 84.3 Å². The molecule has 1 aromatic heterocycles. The number of amides is 1. The molecule has 4 aromatic rings. The van der Waals surface area contributed by atoms with Crippen LogP contribution in [0.2, 0.25) is 5.02 Å². The summed E-state index contributed by atoms with van der Waals surface area (Å²) in [5.74, 6) is 1.23. The minimum Gasteiger partial charge on any atom is -0.481 e.